The molecule has 0 atom stereocenters. The van der Waals surface area contributed by atoms with Gasteiger partial charge in [0.1, 0.15) is 0 Å². The lowest BCUT2D eigenvalue weighted by Gasteiger charge is -2.08. The lowest BCUT2D eigenvalue weighted by molar-refractivity contribution is 0.368. The first-order valence-corrected chi connectivity index (χ1v) is 5.31. The fourth-order valence-electron chi connectivity index (χ4n) is 1.45. The fourth-order valence-corrected chi connectivity index (χ4v) is 2.03. The van der Waals surface area contributed by atoms with Gasteiger partial charge in [-0.05, 0) is 37.1 Å². The van der Waals surface area contributed by atoms with Gasteiger partial charge >= 0.3 is 7.25 Å². The summed E-state index contributed by atoms with van der Waals surface area (Å²) in [6.07, 6.45) is 0. The molecular formula is C10H15BF4S. The maximum atomic E-state index is 9.75. The molecule has 0 nitrogen and oxygen atoms in total. The Kier molecular flexibility index (Phi) is 5.93. The van der Waals surface area contributed by atoms with Crippen molar-refractivity contribution in [3.8, 4) is 0 Å². The van der Waals surface area contributed by atoms with E-state index in [2.05, 4.69) is 51.6 Å². The van der Waals surface area contributed by atoms with Crippen LogP contribution in [0.2, 0.25) is 0 Å². The number of rotatable bonds is 1. The summed E-state index contributed by atoms with van der Waals surface area (Å²) in [7, 11) is -6.00. The van der Waals surface area contributed by atoms with Crippen LogP contribution in [-0.2, 0) is 12.6 Å². The molecule has 0 aromatic heterocycles. The van der Waals surface area contributed by atoms with Crippen LogP contribution in [0.3, 0.4) is 0 Å². The highest BCUT2D eigenvalue weighted by molar-refractivity contribution is 7.58. The Morgan fingerprint density at radius 1 is 1.12 bits per heavy atom. The van der Waals surface area contributed by atoms with Crippen LogP contribution >= 0.6 is 0 Å². The van der Waals surface area contributed by atoms with Gasteiger partial charge in [0.25, 0.3) is 0 Å². The lowest BCUT2D eigenvalue weighted by Crippen LogP contribution is -2.02. The van der Waals surface area contributed by atoms with E-state index in [-0.39, 0.29) is 0 Å². The van der Waals surface area contributed by atoms with E-state index in [4.69, 9.17) is 0 Å². The van der Waals surface area contributed by atoms with Gasteiger partial charge in [-0.15, -0.1) is 0 Å². The summed E-state index contributed by atoms with van der Waals surface area (Å²) < 4.78 is 39.0. The fraction of sp³-hybridized carbons (Fsp3) is 0.400. The minimum atomic E-state index is -6.00. The van der Waals surface area contributed by atoms with Gasteiger partial charge in [0, 0.05) is 5.56 Å². The smallest absolute Gasteiger partial charge is 0.418 e. The van der Waals surface area contributed by atoms with E-state index in [0.717, 1.165) is 0 Å². The molecule has 0 aliphatic heterocycles. The third-order valence-corrected chi connectivity index (χ3v) is 2.34. The van der Waals surface area contributed by atoms with Crippen LogP contribution in [0, 0.1) is 6.92 Å². The van der Waals surface area contributed by atoms with E-state index >= 15 is 0 Å². The van der Waals surface area contributed by atoms with Gasteiger partial charge in [-0.25, -0.2) is 0 Å². The molecule has 1 rings (SSSR count). The van der Waals surface area contributed by atoms with Crippen LogP contribution in [0.25, 0.3) is 0 Å². The molecule has 1 aromatic carbocycles. The number of hydrogen-bond donors (Lipinski definition) is 0. The highest BCUT2D eigenvalue weighted by Gasteiger charge is 2.20. The Hall–Kier alpha value is -0.645. The van der Waals surface area contributed by atoms with E-state index < -0.39 is 7.25 Å². The lowest BCUT2D eigenvalue weighted by atomic mass is 9.98. The first kappa shape index (κ1) is 15.4. The van der Waals surface area contributed by atoms with Crippen LogP contribution in [-0.4, -0.2) is 7.25 Å². The van der Waals surface area contributed by atoms with Crippen molar-refractivity contribution in [3.63, 3.8) is 0 Å². The zero-order valence-corrected chi connectivity index (χ0v) is 10.4. The van der Waals surface area contributed by atoms with Gasteiger partial charge in [0.2, 0.25) is 0 Å². The summed E-state index contributed by atoms with van der Waals surface area (Å²) in [6, 6.07) is 6.32. The molecule has 0 amide bonds. The molecular weight excluding hydrogens is 239 g/mol. The normalized spacial score (nSPS) is 11.1. The molecule has 0 fully saturated rings. The summed E-state index contributed by atoms with van der Waals surface area (Å²) in [5.41, 5.74) is 2.79. The van der Waals surface area contributed by atoms with Crippen molar-refractivity contribution < 1.29 is 17.3 Å². The summed E-state index contributed by atoms with van der Waals surface area (Å²) >= 11 is 3.60. The molecule has 0 radical (unpaired) electrons. The molecule has 1 aromatic rings. The average Bonchev–Trinajstić information content (AvgIpc) is 1.99. The summed E-state index contributed by atoms with van der Waals surface area (Å²) in [5, 5.41) is 0. The van der Waals surface area contributed by atoms with Crippen molar-refractivity contribution in [2.24, 2.45) is 0 Å². The molecule has 0 saturated carbocycles. The van der Waals surface area contributed by atoms with Gasteiger partial charge in [-0.3, -0.25) is 0 Å². The molecule has 0 unspecified atom stereocenters. The van der Waals surface area contributed by atoms with E-state index in [1.54, 1.807) is 0 Å². The van der Waals surface area contributed by atoms with Gasteiger partial charge in [0.05, 0.1) is 0 Å². The van der Waals surface area contributed by atoms with Gasteiger partial charge < -0.3 is 17.3 Å². The van der Waals surface area contributed by atoms with E-state index in [1.807, 2.05) is 0 Å². The minimum Gasteiger partial charge on any atom is -0.418 e. The van der Waals surface area contributed by atoms with Crippen LogP contribution in [0.4, 0.5) is 17.3 Å². The third kappa shape index (κ3) is 6.77. The maximum Gasteiger partial charge on any atom is 0.673 e. The van der Waals surface area contributed by atoms with Crippen LogP contribution in [0.15, 0.2) is 23.1 Å². The van der Waals surface area contributed by atoms with Gasteiger partial charge in [0.15, 0.2) is 4.90 Å². The molecule has 0 aliphatic carbocycles. The Morgan fingerprint density at radius 2 is 1.56 bits per heavy atom. The standard InChI is InChI=1S/C10H14S.BF4/c1-7(2)10-8(3)5-4-6-9(10)11;2-1(3,4)5/h4-7,11H,1-3H3;/q;-1/p+1. The highest BCUT2D eigenvalue weighted by atomic mass is 32.1. The molecule has 6 heteroatoms. The second kappa shape index (κ2) is 6.18. The van der Waals surface area contributed by atoms with E-state index in [1.165, 1.54) is 16.0 Å². The Bertz CT molecular complexity index is 310. The van der Waals surface area contributed by atoms with Crippen molar-refractivity contribution in [1.29, 1.82) is 0 Å². The van der Waals surface area contributed by atoms with E-state index in [0.29, 0.717) is 5.92 Å². The first-order chi connectivity index (χ1) is 7.13. The van der Waals surface area contributed by atoms with Crippen molar-refractivity contribution in [2.45, 2.75) is 31.6 Å². The van der Waals surface area contributed by atoms with Crippen LogP contribution in [0.1, 0.15) is 30.9 Å². The van der Waals surface area contributed by atoms with Crippen LogP contribution in [0.5, 0.6) is 0 Å². The largest absolute Gasteiger partial charge is 0.673 e. The number of hydrogen-bond acceptors (Lipinski definition) is 0. The first-order valence-electron chi connectivity index (χ1n) is 4.81. The zero-order valence-electron chi connectivity index (χ0n) is 9.40. The second-order valence-electron chi connectivity index (χ2n) is 3.69. The summed E-state index contributed by atoms with van der Waals surface area (Å²) in [4.78, 5) is 1.22. The summed E-state index contributed by atoms with van der Waals surface area (Å²) in [6.45, 7) is 6.58. The molecule has 16 heavy (non-hydrogen) atoms. The number of benzene rings is 1. The highest BCUT2D eigenvalue weighted by Crippen LogP contribution is 2.22. The van der Waals surface area contributed by atoms with Crippen molar-refractivity contribution in [3.05, 3.63) is 29.3 Å². The molecule has 0 spiro atoms. The predicted octanol–water partition coefficient (Wildman–Crippen LogP) is 3.79. The Labute approximate surface area is 98.6 Å². The SMILES string of the molecule is Cc1cccc([SH2+])c1C(C)C.F[B-](F)(F)F. The van der Waals surface area contributed by atoms with Crippen LogP contribution < -0.4 is 0 Å². The van der Waals surface area contributed by atoms with Crippen molar-refractivity contribution in [2.75, 3.05) is 0 Å². The van der Waals surface area contributed by atoms with Gasteiger partial charge in [-0.1, -0.05) is 26.0 Å². The zero-order chi connectivity index (χ0) is 12.9. The topological polar surface area (TPSA) is 0 Å². The molecule has 0 saturated heterocycles. The quantitative estimate of drug-likeness (QED) is 0.406. The third-order valence-electron chi connectivity index (χ3n) is 1.90. The molecule has 0 heterocycles. The second-order valence-corrected chi connectivity index (χ2v) is 4.22. The number of aryl methyl sites for hydroxylation is 1. The maximum absolute atomic E-state index is 9.75. The number of halogens is 4. The molecule has 92 valence electrons. The monoisotopic (exact) mass is 254 g/mol. The van der Waals surface area contributed by atoms with Crippen molar-refractivity contribution in [1.82, 2.24) is 0 Å². The predicted molar refractivity (Wildman–Crippen MR) is 63.9 cm³/mol. The van der Waals surface area contributed by atoms with Gasteiger partial charge in [-0.2, -0.15) is 0 Å². The molecule has 0 N–H and O–H groups in total. The minimum absolute atomic E-state index is 0.601. The molecule has 0 bridgehead atoms. The average molecular weight is 254 g/mol. The Morgan fingerprint density at radius 3 is 1.81 bits per heavy atom. The summed E-state index contributed by atoms with van der Waals surface area (Å²) in [5.74, 6) is 0.601. The van der Waals surface area contributed by atoms with E-state index in [9.17, 15) is 17.3 Å². The van der Waals surface area contributed by atoms with Crippen molar-refractivity contribution >= 4 is 19.9 Å². The molecule has 0 aliphatic rings. The Balaban J connectivity index is 0.000000385.